The summed E-state index contributed by atoms with van der Waals surface area (Å²) in [4.78, 5) is 6.27. The van der Waals surface area contributed by atoms with Crippen molar-refractivity contribution >= 4 is 17.3 Å². The largest absolute Gasteiger partial charge is 0.493 e. The molecule has 1 aliphatic heterocycles. The number of ether oxygens (including phenoxy) is 3. The maximum absolute atomic E-state index is 14.5. The van der Waals surface area contributed by atoms with Crippen LogP contribution in [-0.4, -0.2) is 46.5 Å². The molecule has 1 saturated heterocycles. The van der Waals surface area contributed by atoms with Crippen LogP contribution in [-0.2, 0) is 11.3 Å². The van der Waals surface area contributed by atoms with Gasteiger partial charge in [-0.3, -0.25) is 0 Å². The normalized spacial score (nSPS) is 14.7. The van der Waals surface area contributed by atoms with Crippen LogP contribution in [0.4, 0.5) is 15.8 Å². The highest BCUT2D eigenvalue weighted by molar-refractivity contribution is 5.92. The Morgan fingerprint density at radius 1 is 1.14 bits per heavy atom. The average Bonchev–Trinajstić information content (AvgIpc) is 2.73. The summed E-state index contributed by atoms with van der Waals surface area (Å²) in [5.74, 6) is 1.17. The van der Waals surface area contributed by atoms with Crippen molar-refractivity contribution in [1.82, 2.24) is 0 Å². The zero-order chi connectivity index (χ0) is 19.9. The van der Waals surface area contributed by atoms with Crippen molar-refractivity contribution < 1.29 is 18.6 Å². The number of halogens is 1. The van der Waals surface area contributed by atoms with Gasteiger partial charge in [-0.1, -0.05) is 6.07 Å². The number of methoxy groups -OCH3 is 2. The van der Waals surface area contributed by atoms with Gasteiger partial charge in [-0.25, -0.2) is 9.38 Å². The van der Waals surface area contributed by atoms with E-state index in [-0.39, 0.29) is 18.3 Å². The second-order valence-electron chi connectivity index (χ2n) is 6.28. The lowest BCUT2D eigenvalue weighted by molar-refractivity contribution is 0.122. The van der Waals surface area contributed by atoms with E-state index in [1.54, 1.807) is 38.5 Å². The highest BCUT2D eigenvalue weighted by Crippen LogP contribution is 2.29. The Morgan fingerprint density at radius 3 is 2.57 bits per heavy atom. The first-order chi connectivity index (χ1) is 13.6. The molecule has 0 aromatic heterocycles. The molecule has 0 atom stereocenters. The molecule has 3 rings (SSSR count). The van der Waals surface area contributed by atoms with Crippen LogP contribution >= 0.6 is 0 Å². The number of guanidine groups is 1. The molecule has 7 nitrogen and oxygen atoms in total. The Morgan fingerprint density at radius 2 is 1.89 bits per heavy atom. The molecule has 1 fully saturated rings. The minimum atomic E-state index is -0.263. The molecule has 0 saturated carbocycles. The van der Waals surface area contributed by atoms with Crippen molar-refractivity contribution in [3.8, 4) is 11.5 Å². The summed E-state index contributed by atoms with van der Waals surface area (Å²) in [6.07, 6.45) is 0. The molecule has 0 aliphatic carbocycles. The highest BCUT2D eigenvalue weighted by atomic mass is 19.1. The molecule has 0 radical (unpaired) electrons. The van der Waals surface area contributed by atoms with Crippen molar-refractivity contribution in [2.45, 2.75) is 6.54 Å². The summed E-state index contributed by atoms with van der Waals surface area (Å²) < 4.78 is 30.2. The summed E-state index contributed by atoms with van der Waals surface area (Å²) in [5.41, 5.74) is 8.00. The van der Waals surface area contributed by atoms with Gasteiger partial charge >= 0.3 is 0 Å². The van der Waals surface area contributed by atoms with Gasteiger partial charge in [0.2, 0.25) is 0 Å². The first-order valence-electron chi connectivity index (χ1n) is 9.01. The third-order valence-corrected chi connectivity index (χ3v) is 4.45. The van der Waals surface area contributed by atoms with Crippen molar-refractivity contribution in [1.29, 1.82) is 0 Å². The van der Waals surface area contributed by atoms with Crippen LogP contribution in [0.5, 0.6) is 11.5 Å². The summed E-state index contributed by atoms with van der Waals surface area (Å²) in [6.45, 7) is 2.88. The fourth-order valence-corrected chi connectivity index (χ4v) is 2.99. The van der Waals surface area contributed by atoms with Crippen LogP contribution in [0, 0.1) is 5.82 Å². The van der Waals surface area contributed by atoms with E-state index in [2.05, 4.69) is 10.3 Å². The van der Waals surface area contributed by atoms with Crippen molar-refractivity contribution in [2.75, 3.05) is 50.7 Å². The Kier molecular flexibility index (Phi) is 6.54. The van der Waals surface area contributed by atoms with E-state index in [0.29, 0.717) is 49.2 Å². The summed E-state index contributed by atoms with van der Waals surface area (Å²) in [7, 11) is 3.14. The lowest BCUT2D eigenvalue weighted by Gasteiger charge is -2.29. The Bertz CT molecular complexity index is 838. The van der Waals surface area contributed by atoms with Crippen LogP contribution in [0.3, 0.4) is 0 Å². The summed E-state index contributed by atoms with van der Waals surface area (Å²) in [5, 5.41) is 2.99. The molecule has 0 amide bonds. The first kappa shape index (κ1) is 19.8. The van der Waals surface area contributed by atoms with E-state index in [4.69, 9.17) is 19.9 Å². The number of hydrogen-bond donors (Lipinski definition) is 2. The predicted molar refractivity (Wildman–Crippen MR) is 108 cm³/mol. The third-order valence-electron chi connectivity index (χ3n) is 4.45. The van der Waals surface area contributed by atoms with Crippen molar-refractivity contribution in [2.24, 2.45) is 10.7 Å². The number of hydrogen-bond acceptors (Lipinski definition) is 5. The maximum atomic E-state index is 14.5. The molecule has 2 aromatic carbocycles. The van der Waals surface area contributed by atoms with Crippen molar-refractivity contribution in [3.63, 3.8) is 0 Å². The summed E-state index contributed by atoms with van der Waals surface area (Å²) >= 11 is 0. The third kappa shape index (κ3) is 4.83. The fraction of sp³-hybridized carbons (Fsp3) is 0.350. The lowest BCUT2D eigenvalue weighted by atomic mass is 10.1. The molecular weight excluding hydrogens is 363 g/mol. The standard InChI is InChI=1S/C20H25FN4O3/c1-26-18-6-4-15(12-19(18)27-2)24-20(22)23-13-14-3-5-17(16(21)11-14)25-7-9-28-10-8-25/h3-6,11-12H,7-10,13H2,1-2H3,(H3,22,23,24). The minimum Gasteiger partial charge on any atom is -0.493 e. The molecule has 1 aliphatic rings. The number of nitrogens with two attached hydrogens (primary N) is 1. The van der Waals surface area contributed by atoms with Gasteiger partial charge in [0.25, 0.3) is 0 Å². The quantitative estimate of drug-likeness (QED) is 0.585. The number of aliphatic imine (C=N–C) groups is 1. The molecule has 0 bridgehead atoms. The second kappa shape index (κ2) is 9.27. The van der Waals surface area contributed by atoms with E-state index in [9.17, 15) is 4.39 Å². The Balaban J connectivity index is 1.63. The van der Waals surface area contributed by atoms with Crippen LogP contribution < -0.4 is 25.4 Å². The zero-order valence-corrected chi connectivity index (χ0v) is 16.1. The molecular formula is C20H25FN4O3. The molecule has 150 valence electrons. The van der Waals surface area contributed by atoms with Crippen LogP contribution in [0.25, 0.3) is 0 Å². The molecule has 1 heterocycles. The van der Waals surface area contributed by atoms with Gasteiger partial charge in [0.1, 0.15) is 5.82 Å². The number of nitrogens with one attached hydrogen (secondary N) is 1. The summed E-state index contributed by atoms with van der Waals surface area (Å²) in [6, 6.07) is 10.5. The number of nitrogens with zero attached hydrogens (tertiary/aromatic N) is 2. The molecule has 2 aromatic rings. The first-order valence-corrected chi connectivity index (χ1v) is 9.01. The number of anilines is 2. The minimum absolute atomic E-state index is 0.227. The van der Waals surface area contributed by atoms with E-state index in [0.717, 1.165) is 5.56 Å². The topological polar surface area (TPSA) is 81.3 Å². The van der Waals surface area contributed by atoms with Gasteiger partial charge in [0.15, 0.2) is 17.5 Å². The number of morpholine rings is 1. The molecule has 28 heavy (non-hydrogen) atoms. The van der Waals surface area contributed by atoms with Crippen molar-refractivity contribution in [3.05, 3.63) is 47.8 Å². The lowest BCUT2D eigenvalue weighted by Crippen LogP contribution is -2.36. The van der Waals surface area contributed by atoms with Crippen LogP contribution in [0.15, 0.2) is 41.4 Å². The molecule has 3 N–H and O–H groups in total. The average molecular weight is 388 g/mol. The van der Waals surface area contributed by atoms with Gasteiger partial charge < -0.3 is 30.2 Å². The van der Waals surface area contributed by atoms with Gasteiger partial charge in [0, 0.05) is 24.8 Å². The molecule has 0 spiro atoms. The van der Waals surface area contributed by atoms with E-state index < -0.39 is 0 Å². The number of benzene rings is 2. The molecule has 0 unspecified atom stereocenters. The maximum Gasteiger partial charge on any atom is 0.193 e. The van der Waals surface area contributed by atoms with Gasteiger partial charge in [-0.05, 0) is 29.8 Å². The monoisotopic (exact) mass is 388 g/mol. The SMILES string of the molecule is COc1ccc(NC(N)=NCc2ccc(N3CCOCC3)c(F)c2)cc1OC. The highest BCUT2D eigenvalue weighted by Gasteiger charge is 2.15. The Labute approximate surface area is 163 Å². The van der Waals surface area contributed by atoms with Gasteiger partial charge in [-0.15, -0.1) is 0 Å². The zero-order valence-electron chi connectivity index (χ0n) is 16.1. The smallest absolute Gasteiger partial charge is 0.193 e. The Hall–Kier alpha value is -3.00. The molecule has 8 heteroatoms. The van der Waals surface area contributed by atoms with E-state index >= 15 is 0 Å². The second-order valence-corrected chi connectivity index (χ2v) is 6.28. The van der Waals surface area contributed by atoms with Crippen LogP contribution in [0.1, 0.15) is 5.56 Å². The predicted octanol–water partition coefficient (Wildman–Crippen LogP) is 2.61. The number of rotatable bonds is 6. The van der Waals surface area contributed by atoms with Crippen LogP contribution in [0.2, 0.25) is 0 Å². The van der Waals surface area contributed by atoms with Gasteiger partial charge in [0.05, 0.1) is 39.7 Å². The fourth-order valence-electron chi connectivity index (χ4n) is 2.99. The van der Waals surface area contributed by atoms with Gasteiger partial charge in [-0.2, -0.15) is 0 Å². The van der Waals surface area contributed by atoms with E-state index in [1.807, 2.05) is 11.0 Å². The van der Waals surface area contributed by atoms with E-state index in [1.165, 1.54) is 6.07 Å².